The van der Waals surface area contributed by atoms with Crippen LogP contribution in [0.4, 0.5) is 0 Å². The van der Waals surface area contributed by atoms with Crippen molar-refractivity contribution in [3.05, 3.63) is 121 Å². The summed E-state index contributed by atoms with van der Waals surface area (Å²) in [6.07, 6.45) is -3.52. The molecule has 10 aromatic rings. The zero-order chi connectivity index (χ0) is 53.6. The van der Waals surface area contributed by atoms with Gasteiger partial charge in [-0.15, -0.1) is 0 Å². The molecule has 8 aromatic carbocycles. The van der Waals surface area contributed by atoms with Crippen LogP contribution in [0.25, 0.3) is 87.0 Å². The van der Waals surface area contributed by atoms with E-state index in [1.54, 1.807) is 0 Å². The molecule has 15 heteroatoms. The molecule has 0 saturated carbocycles. The largest absolute Gasteiger partial charge is 0.399 e. The Balaban J connectivity index is 1.09. The van der Waals surface area contributed by atoms with Crippen molar-refractivity contribution >= 4 is 156 Å². The van der Waals surface area contributed by atoms with Gasteiger partial charge in [0.1, 0.15) is 40.6 Å². The maximum Gasteiger partial charge on any atom is 0.387 e. The van der Waals surface area contributed by atoms with Crippen molar-refractivity contribution in [2.75, 3.05) is 0 Å². The molecular formula is C61H70O9P2Si4. The number of hydrogen-bond acceptors (Lipinski definition) is 9. The molecule has 0 bridgehead atoms. The number of rotatable bonds is 9. The first kappa shape index (κ1) is 52.0. The second kappa shape index (κ2) is 18.4. The van der Waals surface area contributed by atoms with Crippen LogP contribution >= 0.6 is 16.5 Å². The second-order valence-electron chi connectivity index (χ2n) is 25.7. The Bertz CT molecular complexity index is 3860. The third kappa shape index (κ3) is 9.01. The maximum absolute atomic E-state index is 7.47. The van der Waals surface area contributed by atoms with Gasteiger partial charge in [0.15, 0.2) is 12.1 Å². The highest BCUT2D eigenvalue weighted by Crippen LogP contribution is 2.47. The molecule has 2 saturated heterocycles. The van der Waals surface area contributed by atoms with E-state index >= 15 is 0 Å². The molecule has 0 unspecified atom stereocenters. The van der Waals surface area contributed by atoms with Gasteiger partial charge < -0.3 is 31.0 Å². The zero-order valence-electron chi connectivity index (χ0n) is 46.5. The molecule has 2 aromatic heterocycles. The summed E-state index contributed by atoms with van der Waals surface area (Å²) in [5.41, 5.74) is 3.29. The third-order valence-corrected chi connectivity index (χ3v) is 25.5. The summed E-state index contributed by atoms with van der Waals surface area (Å²) in [7, 11) is -12.6. The van der Waals surface area contributed by atoms with Crippen LogP contribution in [0.5, 0.6) is 0 Å². The maximum atomic E-state index is 7.47. The van der Waals surface area contributed by atoms with Crippen molar-refractivity contribution in [2.45, 2.75) is 136 Å². The molecule has 394 valence electrons. The van der Waals surface area contributed by atoms with Crippen LogP contribution in [0.2, 0.25) is 78.6 Å². The molecule has 0 N–H and O–H groups in total. The average molecular weight is 1120 g/mol. The molecule has 9 nitrogen and oxygen atoms in total. The minimum Gasteiger partial charge on any atom is -0.399 e. The number of fused-ring (bicyclic) bond motifs is 15. The highest BCUT2D eigenvalue weighted by molar-refractivity contribution is 7.32. The number of benzene rings is 8. The lowest BCUT2D eigenvalue weighted by Gasteiger charge is -2.27. The van der Waals surface area contributed by atoms with Crippen LogP contribution in [0, 0.1) is 0 Å². The fraction of sp³-hybridized carbons (Fsp3) is 0.344. The Hall–Kier alpha value is -4.73. The molecule has 5 atom stereocenters. The van der Waals surface area contributed by atoms with Crippen molar-refractivity contribution in [1.29, 1.82) is 0 Å². The van der Waals surface area contributed by atoms with E-state index in [1.807, 2.05) is 20.8 Å². The normalized spacial score (nSPS) is 19.8. The molecule has 2 aliphatic heterocycles. The van der Waals surface area contributed by atoms with Crippen LogP contribution in [-0.2, 0) is 14.2 Å². The van der Waals surface area contributed by atoms with Gasteiger partial charge in [-0.1, -0.05) is 200 Å². The summed E-state index contributed by atoms with van der Waals surface area (Å²) in [5.74, 6) is -0.936. The van der Waals surface area contributed by atoms with E-state index in [0.717, 1.165) is 65.4 Å². The molecule has 2 aliphatic rings. The first-order valence-corrected chi connectivity index (χ1v) is 43.0. The van der Waals surface area contributed by atoms with E-state index in [-0.39, 0.29) is 0 Å². The topological polar surface area (TPSA) is 98.7 Å². The second-order valence-corrected chi connectivity index (χ2v) is 47.9. The summed E-state index contributed by atoms with van der Waals surface area (Å²) in [6, 6.07) is 44.1. The van der Waals surface area contributed by atoms with Gasteiger partial charge in [0.05, 0.1) is 38.4 Å². The molecule has 2 fully saturated rings. The van der Waals surface area contributed by atoms with Crippen LogP contribution in [0.3, 0.4) is 0 Å². The Kier molecular flexibility index (Phi) is 12.6. The zero-order valence-corrected chi connectivity index (χ0v) is 52.3. The average Bonchev–Trinajstić information content (AvgIpc) is 3.73. The predicted molar refractivity (Wildman–Crippen MR) is 330 cm³/mol. The minimum absolute atomic E-state index is 0.635. The molecule has 0 radical (unpaired) electrons. The first-order valence-electron chi connectivity index (χ1n) is 26.8. The highest BCUT2D eigenvalue weighted by atomic mass is 31.1. The molecule has 12 rings (SSSR count). The van der Waals surface area contributed by atoms with Crippen molar-refractivity contribution < 1.29 is 40.0 Å². The fourth-order valence-corrected chi connectivity index (χ4v) is 20.2. The summed E-state index contributed by atoms with van der Waals surface area (Å²) in [6.45, 7) is 34.4. The van der Waals surface area contributed by atoms with Gasteiger partial charge >= 0.3 is 16.5 Å². The highest BCUT2D eigenvalue weighted by Gasteiger charge is 2.58. The van der Waals surface area contributed by atoms with Gasteiger partial charge in [-0.2, -0.15) is 0 Å². The van der Waals surface area contributed by atoms with Gasteiger partial charge in [-0.3, -0.25) is 9.05 Å². The quantitative estimate of drug-likeness (QED) is 0.131. The van der Waals surface area contributed by atoms with Crippen LogP contribution < -0.4 is 29.8 Å². The smallest absolute Gasteiger partial charge is 0.387 e. The van der Waals surface area contributed by atoms with Gasteiger partial charge in [-0.25, -0.2) is 0 Å². The van der Waals surface area contributed by atoms with E-state index in [0.29, 0.717) is 0 Å². The lowest BCUT2D eigenvalue weighted by molar-refractivity contribution is -0.218. The monoisotopic (exact) mass is 1120 g/mol. The first-order chi connectivity index (χ1) is 35.8. The number of hydrogen-bond donors (Lipinski definition) is 0. The van der Waals surface area contributed by atoms with Crippen LogP contribution in [0.15, 0.2) is 138 Å². The summed E-state index contributed by atoms with van der Waals surface area (Å²) in [4.78, 5) is 0. The Morgan fingerprint density at radius 3 is 1.09 bits per heavy atom. The summed E-state index contributed by atoms with van der Waals surface area (Å²) in [5, 5.41) is 18.2. The molecule has 0 amide bonds. The molecule has 0 aliphatic carbocycles. The van der Waals surface area contributed by atoms with E-state index in [2.05, 4.69) is 200 Å². The van der Waals surface area contributed by atoms with Gasteiger partial charge in [0.2, 0.25) is 0 Å². The standard InChI is InChI=1S/C61H70O9P2Si4/c1-36(65-71-66-54-45(73(4,5)6)32-37-24-16-20-28-41(37)49(54)50-42-29-21-17-25-38(42)33-46(55(50)67-71)74(7,8)9)53-58(59-60(62-53)64-61(2,3)63-59)70-72-68-56-47(75(10,11)12)34-39-26-18-22-30-43(39)51(56)52-44-31-23-19-27-40(44)35-48(57(52)69-72)76(13,14)15/h16-36,53,58-60H,1-15H3/t36-,53-,58-,59-,60-/m1/s1. The fourth-order valence-electron chi connectivity index (χ4n) is 11.6. The molecule has 76 heavy (non-hydrogen) atoms. The minimum atomic E-state index is -2.16. The van der Waals surface area contributed by atoms with Gasteiger partial charge in [-0.05, 0) is 84.6 Å². The van der Waals surface area contributed by atoms with Gasteiger partial charge in [0, 0.05) is 21.5 Å². The van der Waals surface area contributed by atoms with E-state index in [4.69, 9.17) is 40.0 Å². The van der Waals surface area contributed by atoms with Crippen LogP contribution in [-0.4, -0.2) is 68.8 Å². The van der Waals surface area contributed by atoms with Crippen molar-refractivity contribution in [1.82, 2.24) is 0 Å². The Labute approximate surface area is 451 Å². The SMILES string of the molecule is C[C@@H](Op1oc2c([Si](C)(C)C)cc3ccccc3c2c2c(o1)c([Si](C)(C)C)cc1ccccc12)[C@H]1O[C@@H]2OC(C)(C)O[C@@H]2[C@@H]1Op1oc2c([Si](C)(C)C)cc3ccccc3c2c2c(o1)c([Si](C)(C)C)cc1ccccc12. The molecule has 4 heterocycles. The summed E-state index contributed by atoms with van der Waals surface area (Å²) < 4.78 is 64.8. The van der Waals surface area contributed by atoms with E-state index in [1.165, 1.54) is 42.3 Å². The predicted octanol–water partition coefficient (Wildman–Crippen LogP) is 15.9. The summed E-state index contributed by atoms with van der Waals surface area (Å²) >= 11 is 0. The molecule has 0 spiro atoms. The lowest BCUT2D eigenvalue weighted by atomic mass is 9.98. The Morgan fingerprint density at radius 2 is 0.763 bits per heavy atom. The third-order valence-electron chi connectivity index (χ3n) is 15.4. The van der Waals surface area contributed by atoms with Crippen LogP contribution in [0.1, 0.15) is 20.8 Å². The van der Waals surface area contributed by atoms with Gasteiger partial charge in [0.25, 0.3) is 0 Å². The lowest BCUT2D eigenvalue weighted by Crippen LogP contribution is -2.44. The van der Waals surface area contributed by atoms with Crippen molar-refractivity contribution in [2.24, 2.45) is 0 Å². The van der Waals surface area contributed by atoms with Crippen molar-refractivity contribution in [3.63, 3.8) is 0 Å². The molecular weight excluding hydrogens is 1050 g/mol. The van der Waals surface area contributed by atoms with E-state index < -0.39 is 85.3 Å². The number of ether oxygens (including phenoxy) is 3. The van der Waals surface area contributed by atoms with Crippen molar-refractivity contribution in [3.8, 4) is 0 Å². The Morgan fingerprint density at radius 1 is 0.447 bits per heavy atom. The van der Waals surface area contributed by atoms with E-state index in [9.17, 15) is 0 Å².